The van der Waals surface area contributed by atoms with Crippen molar-refractivity contribution in [2.45, 2.75) is 78.1 Å². The molecule has 5 heteroatoms. The number of hydrogen-bond acceptors (Lipinski definition) is 2. The van der Waals surface area contributed by atoms with Gasteiger partial charge in [0.2, 0.25) is 0 Å². The van der Waals surface area contributed by atoms with E-state index in [9.17, 15) is 9.59 Å². The van der Waals surface area contributed by atoms with Crippen LogP contribution in [0, 0.1) is 0 Å². The van der Waals surface area contributed by atoms with Crippen molar-refractivity contribution >= 4 is 29.3 Å². The molecule has 2 atom stereocenters. The van der Waals surface area contributed by atoms with Crippen molar-refractivity contribution in [1.82, 2.24) is 0 Å². The molecular formula is C26H36AlO4. The molecule has 0 aliphatic heterocycles. The van der Waals surface area contributed by atoms with Crippen LogP contribution in [0.4, 0.5) is 0 Å². The Hall–Kier alpha value is -2.09. The van der Waals surface area contributed by atoms with Crippen molar-refractivity contribution in [2.24, 2.45) is 0 Å². The molecule has 0 aliphatic rings. The Morgan fingerprint density at radius 1 is 0.613 bits per heavy atom. The van der Waals surface area contributed by atoms with Gasteiger partial charge in [-0.25, -0.2) is 0 Å². The summed E-state index contributed by atoms with van der Waals surface area (Å²) in [6, 6.07) is 15.6. The number of hydrogen-bond donors (Lipinski definition) is 2. The third-order valence-electron chi connectivity index (χ3n) is 5.29. The van der Waals surface area contributed by atoms with Crippen LogP contribution in [-0.2, 0) is 20.4 Å². The molecule has 2 aromatic carbocycles. The summed E-state index contributed by atoms with van der Waals surface area (Å²) in [6.07, 6.45) is 0. The quantitative estimate of drug-likeness (QED) is 0.576. The first-order valence-electron chi connectivity index (χ1n) is 10.3. The fraction of sp³-hybridized carbons (Fsp3) is 0.462. The van der Waals surface area contributed by atoms with Crippen LogP contribution in [0.2, 0.25) is 0 Å². The number of aliphatic carboxylic acids is 2. The van der Waals surface area contributed by atoms with E-state index >= 15 is 0 Å². The molecule has 3 radical (unpaired) electrons. The maximum Gasteiger partial charge on any atom is 0.310 e. The van der Waals surface area contributed by atoms with Crippen molar-refractivity contribution in [3.63, 3.8) is 0 Å². The van der Waals surface area contributed by atoms with E-state index in [1.807, 2.05) is 48.5 Å². The second-order valence-electron chi connectivity index (χ2n) is 9.86. The summed E-state index contributed by atoms with van der Waals surface area (Å²) < 4.78 is 0. The van der Waals surface area contributed by atoms with Crippen LogP contribution in [0.3, 0.4) is 0 Å². The first-order chi connectivity index (χ1) is 13.6. The lowest BCUT2D eigenvalue weighted by molar-refractivity contribution is -0.139. The highest BCUT2D eigenvalue weighted by Gasteiger charge is 2.17. The van der Waals surface area contributed by atoms with Gasteiger partial charge in [0.15, 0.2) is 0 Å². The summed E-state index contributed by atoms with van der Waals surface area (Å²) in [4.78, 5) is 21.6. The monoisotopic (exact) mass is 439 g/mol. The van der Waals surface area contributed by atoms with Gasteiger partial charge >= 0.3 is 11.9 Å². The van der Waals surface area contributed by atoms with E-state index in [2.05, 4.69) is 41.5 Å². The first kappa shape index (κ1) is 28.9. The standard InChI is InChI=1S/2C13H18O2.Al/c2*1-9(12(14)15)10-5-7-11(8-6-10)13(2,3)4;/h2*5-9H,1-4H3,(H,14,15);. The van der Waals surface area contributed by atoms with Crippen molar-refractivity contribution in [3.8, 4) is 0 Å². The predicted molar refractivity (Wildman–Crippen MR) is 128 cm³/mol. The van der Waals surface area contributed by atoms with E-state index in [0.29, 0.717) is 0 Å². The molecule has 0 spiro atoms. The second kappa shape index (κ2) is 11.5. The zero-order valence-corrected chi connectivity index (χ0v) is 21.2. The fourth-order valence-corrected chi connectivity index (χ4v) is 2.83. The van der Waals surface area contributed by atoms with Crippen molar-refractivity contribution in [3.05, 3.63) is 70.8 Å². The minimum Gasteiger partial charge on any atom is -0.481 e. The fourth-order valence-electron chi connectivity index (χ4n) is 2.83. The van der Waals surface area contributed by atoms with Crippen LogP contribution in [0.25, 0.3) is 0 Å². The van der Waals surface area contributed by atoms with Crippen LogP contribution in [0.15, 0.2) is 48.5 Å². The average molecular weight is 440 g/mol. The first-order valence-corrected chi connectivity index (χ1v) is 10.3. The predicted octanol–water partition coefficient (Wildman–Crippen LogP) is 5.96. The highest BCUT2D eigenvalue weighted by Crippen LogP contribution is 2.25. The van der Waals surface area contributed by atoms with Crippen molar-refractivity contribution < 1.29 is 19.8 Å². The number of carboxylic acid groups (broad SMARTS) is 2. The molecule has 0 saturated carbocycles. The largest absolute Gasteiger partial charge is 0.481 e. The Kier molecular flexibility index (Phi) is 10.7. The highest BCUT2D eigenvalue weighted by atomic mass is 27.0. The molecule has 2 unspecified atom stereocenters. The Bertz CT molecular complexity index is 767. The van der Waals surface area contributed by atoms with Gasteiger partial charge in [0.05, 0.1) is 11.8 Å². The van der Waals surface area contributed by atoms with Gasteiger partial charge in [-0.05, 0) is 46.9 Å². The van der Waals surface area contributed by atoms with Crippen LogP contribution >= 0.6 is 0 Å². The molecule has 4 nitrogen and oxygen atoms in total. The molecule has 167 valence electrons. The van der Waals surface area contributed by atoms with Gasteiger partial charge in [0.25, 0.3) is 0 Å². The van der Waals surface area contributed by atoms with Crippen LogP contribution in [-0.4, -0.2) is 39.5 Å². The minimum atomic E-state index is -0.779. The summed E-state index contributed by atoms with van der Waals surface area (Å²) in [5, 5.41) is 17.7. The summed E-state index contributed by atoms with van der Waals surface area (Å²) in [6.45, 7) is 16.3. The van der Waals surface area contributed by atoms with Crippen LogP contribution in [0.5, 0.6) is 0 Å². The molecule has 0 heterocycles. The Morgan fingerprint density at radius 3 is 1.00 bits per heavy atom. The number of carbonyl (C=O) groups is 2. The Morgan fingerprint density at radius 2 is 0.839 bits per heavy atom. The third kappa shape index (κ3) is 8.89. The number of benzene rings is 2. The second-order valence-corrected chi connectivity index (χ2v) is 9.86. The molecule has 2 aromatic rings. The molecule has 0 aromatic heterocycles. The molecule has 2 rings (SSSR count). The number of rotatable bonds is 4. The lowest BCUT2D eigenvalue weighted by Gasteiger charge is -2.19. The lowest BCUT2D eigenvalue weighted by atomic mass is 9.86. The van der Waals surface area contributed by atoms with E-state index in [-0.39, 0.29) is 28.2 Å². The average Bonchev–Trinajstić information content (AvgIpc) is 2.66. The van der Waals surface area contributed by atoms with E-state index < -0.39 is 23.8 Å². The molecule has 0 amide bonds. The molecule has 31 heavy (non-hydrogen) atoms. The van der Waals surface area contributed by atoms with E-state index in [1.165, 1.54) is 11.1 Å². The van der Waals surface area contributed by atoms with E-state index in [1.54, 1.807) is 13.8 Å². The Balaban J connectivity index is 0.000000562. The molecule has 2 N–H and O–H groups in total. The van der Waals surface area contributed by atoms with Crippen LogP contribution in [0.1, 0.15) is 89.5 Å². The highest BCUT2D eigenvalue weighted by molar-refractivity contribution is 5.76. The third-order valence-corrected chi connectivity index (χ3v) is 5.29. The summed E-state index contributed by atoms with van der Waals surface area (Å²) in [5.41, 5.74) is 4.40. The maximum absolute atomic E-state index is 10.8. The van der Waals surface area contributed by atoms with Gasteiger partial charge in [-0.15, -0.1) is 0 Å². The molecular weight excluding hydrogens is 403 g/mol. The summed E-state index contributed by atoms with van der Waals surface area (Å²) >= 11 is 0. The summed E-state index contributed by atoms with van der Waals surface area (Å²) in [5.74, 6) is -2.42. The van der Waals surface area contributed by atoms with Crippen molar-refractivity contribution in [1.29, 1.82) is 0 Å². The van der Waals surface area contributed by atoms with E-state index in [4.69, 9.17) is 10.2 Å². The van der Waals surface area contributed by atoms with Gasteiger partial charge in [-0.2, -0.15) is 0 Å². The molecule has 0 saturated heterocycles. The number of carboxylic acids is 2. The van der Waals surface area contributed by atoms with Gasteiger partial charge in [0, 0.05) is 17.4 Å². The van der Waals surface area contributed by atoms with Crippen molar-refractivity contribution in [2.75, 3.05) is 0 Å². The smallest absolute Gasteiger partial charge is 0.310 e. The minimum absolute atomic E-state index is 0. The molecule has 0 bridgehead atoms. The normalized spacial score (nSPS) is 13.2. The van der Waals surface area contributed by atoms with Gasteiger partial charge in [0.1, 0.15) is 0 Å². The lowest BCUT2D eigenvalue weighted by Crippen LogP contribution is -2.12. The molecule has 0 fully saturated rings. The zero-order chi connectivity index (χ0) is 23.3. The molecule has 0 aliphatic carbocycles. The van der Waals surface area contributed by atoms with Gasteiger partial charge < -0.3 is 10.2 Å². The SMILES string of the molecule is CC(C(=O)O)c1ccc(C(C)(C)C)cc1.CC(C(=O)O)c1ccc(C(C)(C)C)cc1.[Al]. The zero-order valence-electron chi connectivity index (χ0n) is 20.1. The Labute approximate surface area is 197 Å². The van der Waals surface area contributed by atoms with Crippen LogP contribution < -0.4 is 0 Å². The van der Waals surface area contributed by atoms with Gasteiger partial charge in [-0.3, -0.25) is 9.59 Å². The maximum atomic E-state index is 10.8. The topological polar surface area (TPSA) is 74.6 Å². The van der Waals surface area contributed by atoms with E-state index in [0.717, 1.165) is 11.1 Å². The van der Waals surface area contributed by atoms with Gasteiger partial charge in [-0.1, -0.05) is 90.1 Å². The summed E-state index contributed by atoms with van der Waals surface area (Å²) in [7, 11) is 0.